The Kier molecular flexibility index (Phi) is 41.7. The van der Waals surface area contributed by atoms with E-state index >= 15 is 4.39 Å². The number of carboxylic acids is 3. The van der Waals surface area contributed by atoms with Gasteiger partial charge in [-0.2, -0.15) is 0 Å². The molecule has 322 valence electrons. The van der Waals surface area contributed by atoms with Crippen molar-refractivity contribution >= 4 is 23.9 Å². The SMILES string of the molecule is CCCCCCCCCCCC(F)(CCCCCCCC)CCCCCCCC.CCCCCCCCNC(N)=O.O=C(O)CC(O)(CC(=O)O)C(=O)O. The van der Waals surface area contributed by atoms with E-state index in [1.165, 1.54) is 148 Å². The minimum Gasteiger partial charge on any atom is -0.481 e. The molecule has 0 atom stereocenters. The summed E-state index contributed by atoms with van der Waals surface area (Å²) in [4.78, 5) is 40.7. The summed E-state index contributed by atoms with van der Waals surface area (Å²) < 4.78 is 15.7. The van der Waals surface area contributed by atoms with E-state index in [0.717, 1.165) is 51.5 Å². The third kappa shape index (κ3) is 42.3. The maximum Gasteiger partial charge on any atom is 0.336 e. The summed E-state index contributed by atoms with van der Waals surface area (Å²) in [5.41, 5.74) is 1.30. The highest BCUT2D eigenvalue weighted by molar-refractivity contribution is 5.88. The summed E-state index contributed by atoms with van der Waals surface area (Å²) >= 11 is 0. The van der Waals surface area contributed by atoms with Crippen molar-refractivity contribution in [3.05, 3.63) is 0 Å². The first-order chi connectivity index (χ1) is 25.7. The van der Waals surface area contributed by atoms with Crippen LogP contribution in [-0.4, -0.2) is 62.2 Å². The van der Waals surface area contributed by atoms with Crippen molar-refractivity contribution in [3.63, 3.8) is 0 Å². The second kappa shape index (κ2) is 40.2. The summed E-state index contributed by atoms with van der Waals surface area (Å²) in [7, 11) is 0. The van der Waals surface area contributed by atoms with Crippen molar-refractivity contribution in [1.82, 2.24) is 5.32 Å². The van der Waals surface area contributed by atoms with Gasteiger partial charge in [0.1, 0.15) is 5.67 Å². The first kappa shape index (κ1) is 55.9. The molecule has 0 aliphatic heterocycles. The van der Waals surface area contributed by atoms with Crippen molar-refractivity contribution in [2.75, 3.05) is 6.54 Å². The topological polar surface area (TPSA) is 187 Å². The summed E-state index contributed by atoms with van der Waals surface area (Å²) in [5.74, 6) is -5.02. The number of carbonyl (C=O) groups is 4. The molecule has 0 aromatic heterocycles. The van der Waals surface area contributed by atoms with Gasteiger partial charge < -0.3 is 31.5 Å². The van der Waals surface area contributed by atoms with Gasteiger partial charge in [-0.3, -0.25) is 9.59 Å². The maximum atomic E-state index is 15.7. The molecule has 2 amide bonds. The lowest BCUT2D eigenvalue weighted by atomic mass is 9.86. The van der Waals surface area contributed by atoms with E-state index in [4.69, 9.17) is 26.2 Å². The summed E-state index contributed by atoms with van der Waals surface area (Å²) in [5, 5.41) is 36.4. The fourth-order valence-corrected chi connectivity index (χ4v) is 6.40. The van der Waals surface area contributed by atoms with Crippen LogP contribution in [0.4, 0.5) is 9.18 Å². The zero-order chi connectivity index (χ0) is 41.4. The smallest absolute Gasteiger partial charge is 0.336 e. The number of hydrogen-bond acceptors (Lipinski definition) is 5. The van der Waals surface area contributed by atoms with E-state index in [1.54, 1.807) is 0 Å². The number of aliphatic carboxylic acids is 3. The van der Waals surface area contributed by atoms with Crippen molar-refractivity contribution in [2.45, 2.75) is 244 Å². The maximum absolute atomic E-state index is 15.7. The van der Waals surface area contributed by atoms with Crippen LogP contribution in [0.25, 0.3) is 0 Å². The third-order valence-electron chi connectivity index (χ3n) is 9.80. The molecule has 0 heterocycles. The van der Waals surface area contributed by atoms with Crippen LogP contribution in [0.3, 0.4) is 0 Å². The Morgan fingerprint density at radius 3 is 0.981 bits per heavy atom. The lowest BCUT2D eigenvalue weighted by Gasteiger charge is -2.26. The van der Waals surface area contributed by atoms with E-state index in [2.05, 4.69) is 33.0 Å². The van der Waals surface area contributed by atoms with Gasteiger partial charge in [-0.25, -0.2) is 14.0 Å². The van der Waals surface area contributed by atoms with Crippen molar-refractivity contribution in [1.29, 1.82) is 0 Å². The fourth-order valence-electron chi connectivity index (χ4n) is 6.40. The number of unbranched alkanes of at least 4 members (excludes halogenated alkanes) is 23. The zero-order valence-electron chi connectivity index (χ0n) is 35.2. The van der Waals surface area contributed by atoms with Crippen LogP contribution >= 0.6 is 0 Å². The highest BCUT2D eigenvalue weighted by Gasteiger charge is 2.40. The van der Waals surface area contributed by atoms with Crippen LogP contribution in [0.5, 0.6) is 0 Å². The number of nitrogens with two attached hydrogens (primary N) is 1. The molecule has 54 heavy (non-hydrogen) atoms. The lowest BCUT2D eigenvalue weighted by molar-refractivity contribution is -0.170. The average molecular weight is 777 g/mol. The Morgan fingerprint density at radius 1 is 0.481 bits per heavy atom. The zero-order valence-corrected chi connectivity index (χ0v) is 35.2. The first-order valence-corrected chi connectivity index (χ1v) is 21.8. The van der Waals surface area contributed by atoms with Crippen LogP contribution in [-0.2, 0) is 14.4 Å². The monoisotopic (exact) mass is 777 g/mol. The largest absolute Gasteiger partial charge is 0.481 e. The van der Waals surface area contributed by atoms with Gasteiger partial charge in [-0.05, 0) is 25.7 Å². The number of amides is 2. The number of carbonyl (C=O) groups excluding carboxylic acids is 1. The van der Waals surface area contributed by atoms with Crippen LogP contribution in [0.1, 0.15) is 233 Å². The highest BCUT2D eigenvalue weighted by atomic mass is 19.1. The Labute approximate surface area is 329 Å². The second-order valence-electron chi connectivity index (χ2n) is 15.3. The summed E-state index contributed by atoms with van der Waals surface area (Å²) in [6.45, 7) is 9.73. The molecule has 0 bridgehead atoms. The number of rotatable bonds is 36. The third-order valence-corrected chi connectivity index (χ3v) is 9.80. The fraction of sp³-hybridized carbons (Fsp3) is 0.907. The summed E-state index contributed by atoms with van der Waals surface area (Å²) in [6, 6.07) is -0.413. The minimum atomic E-state index is -2.74. The van der Waals surface area contributed by atoms with Crippen LogP contribution in [0, 0.1) is 0 Å². The molecule has 0 spiro atoms. The molecular weight excluding hydrogens is 691 g/mol. The molecular formula is C43H85FN2O8. The highest BCUT2D eigenvalue weighted by Crippen LogP contribution is 2.33. The predicted molar refractivity (Wildman–Crippen MR) is 220 cm³/mol. The molecule has 7 N–H and O–H groups in total. The number of aliphatic hydroxyl groups is 1. The standard InChI is InChI=1S/C28H57F.C9H20N2O.C6H8O7/c1-4-7-10-13-16-17-18-21-24-27-28(29,25-22-19-14-11-8-5-2)26-23-20-15-12-9-6-3;1-2-3-4-5-6-7-8-11-9(10)12;7-3(8)1-6(13,5(11)12)2-4(9)10/h4-27H2,1-3H3;2-8H2,1H3,(H3,10,11,12);13H,1-2H2,(H,7,8)(H,9,10)(H,11,12). The van der Waals surface area contributed by atoms with Gasteiger partial charge in [0.25, 0.3) is 0 Å². The molecule has 0 saturated heterocycles. The second-order valence-corrected chi connectivity index (χ2v) is 15.3. The number of primary amides is 1. The Bertz CT molecular complexity index is 858. The number of alkyl halides is 1. The molecule has 0 radical (unpaired) electrons. The van der Waals surface area contributed by atoms with E-state index in [1.807, 2.05) is 0 Å². The van der Waals surface area contributed by atoms with Crippen molar-refractivity contribution in [2.24, 2.45) is 5.73 Å². The molecule has 0 aliphatic carbocycles. The van der Waals surface area contributed by atoms with Gasteiger partial charge >= 0.3 is 23.9 Å². The number of carboxylic acid groups (broad SMARTS) is 3. The molecule has 0 aromatic rings. The van der Waals surface area contributed by atoms with Gasteiger partial charge in [0.05, 0.1) is 12.8 Å². The number of nitrogens with one attached hydrogen (secondary N) is 1. The van der Waals surface area contributed by atoms with Crippen LogP contribution in [0.15, 0.2) is 0 Å². The Morgan fingerprint density at radius 2 is 0.741 bits per heavy atom. The van der Waals surface area contributed by atoms with Crippen molar-refractivity contribution in [3.8, 4) is 0 Å². The molecule has 0 aliphatic rings. The lowest BCUT2D eigenvalue weighted by Crippen LogP contribution is -2.42. The van der Waals surface area contributed by atoms with E-state index in [-0.39, 0.29) is 0 Å². The van der Waals surface area contributed by atoms with Gasteiger partial charge in [0.2, 0.25) is 0 Å². The van der Waals surface area contributed by atoms with E-state index < -0.39 is 48.1 Å². The molecule has 11 heteroatoms. The van der Waals surface area contributed by atoms with E-state index in [0.29, 0.717) is 0 Å². The predicted octanol–water partition coefficient (Wildman–Crippen LogP) is 11.9. The normalized spacial score (nSPS) is 11.2. The molecule has 10 nitrogen and oxygen atoms in total. The quantitative estimate of drug-likeness (QED) is 0.0339. The molecule has 0 aromatic carbocycles. The molecule has 0 saturated carbocycles. The molecule has 0 fully saturated rings. The minimum absolute atomic E-state index is 0.413. The summed E-state index contributed by atoms with van der Waals surface area (Å²) in [6.07, 6.45) is 34.8. The van der Waals surface area contributed by atoms with Gasteiger partial charge in [-0.15, -0.1) is 0 Å². The molecule has 0 unspecified atom stereocenters. The van der Waals surface area contributed by atoms with Gasteiger partial charge in [0, 0.05) is 6.54 Å². The average Bonchev–Trinajstić information content (AvgIpc) is 3.10. The van der Waals surface area contributed by atoms with Gasteiger partial charge in [0.15, 0.2) is 5.60 Å². The molecule has 0 rings (SSSR count). The van der Waals surface area contributed by atoms with Crippen LogP contribution < -0.4 is 11.1 Å². The van der Waals surface area contributed by atoms with Crippen LogP contribution in [0.2, 0.25) is 0 Å². The Balaban J connectivity index is -0.000000854. The first-order valence-electron chi connectivity index (χ1n) is 21.8. The van der Waals surface area contributed by atoms with Gasteiger partial charge in [-0.1, -0.05) is 195 Å². The number of hydrogen-bond donors (Lipinski definition) is 6. The number of urea groups is 1. The Hall–Kier alpha value is -2.43. The van der Waals surface area contributed by atoms with E-state index in [9.17, 15) is 19.2 Å². The van der Waals surface area contributed by atoms with Crippen molar-refractivity contribution < 1.29 is 44.0 Å². The number of halogens is 1.